The molecule has 0 radical (unpaired) electrons. The Hall–Kier alpha value is -3.12. The van der Waals surface area contributed by atoms with Crippen molar-refractivity contribution in [1.82, 2.24) is 14.5 Å². The summed E-state index contributed by atoms with van der Waals surface area (Å²) >= 11 is 0. The van der Waals surface area contributed by atoms with Crippen molar-refractivity contribution in [2.24, 2.45) is 0 Å². The van der Waals surface area contributed by atoms with Crippen molar-refractivity contribution in [2.45, 2.75) is 26.3 Å². The summed E-state index contributed by atoms with van der Waals surface area (Å²) in [7, 11) is 0. The molecule has 4 rings (SSSR count). The molecule has 29 heavy (non-hydrogen) atoms. The molecule has 0 unspecified atom stereocenters. The summed E-state index contributed by atoms with van der Waals surface area (Å²) in [6.07, 6.45) is 1.68. The van der Waals surface area contributed by atoms with Crippen molar-refractivity contribution in [1.29, 1.82) is 5.41 Å². The van der Waals surface area contributed by atoms with Gasteiger partial charge in [-0.15, -0.1) is 0 Å². The number of nitrogens with zero attached hydrogens (tertiary/aromatic N) is 3. The molecule has 6 heteroatoms. The smallest absolute Gasteiger partial charge is 0.228 e. The SMILES string of the molecule is CCN(CC)CCn1cnc2c(c1=N)[C@@H](c1ccccc1)c1ccc(O)cc1O2. The molecule has 0 saturated heterocycles. The van der Waals surface area contributed by atoms with Crippen LogP contribution in [0.1, 0.15) is 36.5 Å². The van der Waals surface area contributed by atoms with Crippen LogP contribution in [0, 0.1) is 5.41 Å². The van der Waals surface area contributed by atoms with Gasteiger partial charge in [0.15, 0.2) is 0 Å². The van der Waals surface area contributed by atoms with Crippen LogP contribution < -0.4 is 10.2 Å². The van der Waals surface area contributed by atoms with Gasteiger partial charge in [0.25, 0.3) is 0 Å². The average Bonchev–Trinajstić information content (AvgIpc) is 2.75. The molecule has 3 aromatic rings. The van der Waals surface area contributed by atoms with Gasteiger partial charge in [0, 0.05) is 30.6 Å². The Morgan fingerprint density at radius 1 is 1.14 bits per heavy atom. The lowest BCUT2D eigenvalue weighted by molar-refractivity contribution is 0.286. The number of aromatic hydroxyl groups is 1. The molecule has 0 bridgehead atoms. The molecule has 2 heterocycles. The number of nitrogens with one attached hydrogen (secondary N) is 1. The lowest BCUT2D eigenvalue weighted by Gasteiger charge is -2.29. The van der Waals surface area contributed by atoms with Gasteiger partial charge in [-0.3, -0.25) is 5.41 Å². The second-order valence-electron chi connectivity index (χ2n) is 7.20. The number of ether oxygens (including phenoxy) is 1. The molecule has 2 N–H and O–H groups in total. The molecule has 6 nitrogen and oxygen atoms in total. The molecule has 1 aromatic heterocycles. The van der Waals surface area contributed by atoms with Gasteiger partial charge in [-0.1, -0.05) is 50.2 Å². The van der Waals surface area contributed by atoms with Crippen LogP contribution in [0.3, 0.4) is 0 Å². The normalized spacial score (nSPS) is 14.9. The number of phenols is 1. The number of fused-ring (bicyclic) bond motifs is 2. The summed E-state index contributed by atoms with van der Waals surface area (Å²) < 4.78 is 7.89. The van der Waals surface area contributed by atoms with E-state index >= 15 is 0 Å². The highest BCUT2D eigenvalue weighted by Crippen LogP contribution is 2.45. The predicted octanol–water partition coefficient (Wildman–Crippen LogP) is 3.70. The first kappa shape index (κ1) is 19.2. The molecule has 2 aromatic carbocycles. The standard InChI is InChI=1S/C23H26N4O2/c1-3-26(4-2)12-13-27-15-25-23-21(22(27)24)20(16-8-6-5-7-9-16)18-11-10-17(28)14-19(18)29-23/h5-11,14-15,20,24,28H,3-4,12-13H2,1-2H3/t20-/m0/s1. The summed E-state index contributed by atoms with van der Waals surface area (Å²) in [5.74, 6) is 0.993. The third-order valence-electron chi connectivity index (χ3n) is 5.58. The quantitative estimate of drug-likeness (QED) is 0.526. The lowest BCUT2D eigenvalue weighted by Crippen LogP contribution is -2.34. The van der Waals surface area contributed by atoms with E-state index in [0.29, 0.717) is 23.7 Å². The molecule has 0 aliphatic carbocycles. The first-order valence-corrected chi connectivity index (χ1v) is 10.0. The average molecular weight is 390 g/mol. The summed E-state index contributed by atoms with van der Waals surface area (Å²) in [6.45, 7) is 7.82. The van der Waals surface area contributed by atoms with E-state index in [1.807, 2.05) is 28.8 Å². The minimum absolute atomic E-state index is 0.148. The second kappa shape index (κ2) is 8.09. The van der Waals surface area contributed by atoms with Crippen molar-refractivity contribution < 1.29 is 9.84 Å². The maximum absolute atomic E-state index is 9.91. The number of likely N-dealkylation sites (N-methyl/N-ethyl adjacent to an activating group) is 1. The number of hydrogen-bond donors (Lipinski definition) is 2. The third-order valence-corrected chi connectivity index (χ3v) is 5.58. The largest absolute Gasteiger partial charge is 0.508 e. The second-order valence-corrected chi connectivity index (χ2v) is 7.20. The minimum atomic E-state index is -0.170. The van der Waals surface area contributed by atoms with Gasteiger partial charge in [0.2, 0.25) is 5.88 Å². The molecule has 1 aliphatic heterocycles. The summed E-state index contributed by atoms with van der Waals surface area (Å²) in [4.78, 5) is 6.86. The maximum Gasteiger partial charge on any atom is 0.228 e. The van der Waals surface area contributed by atoms with Gasteiger partial charge >= 0.3 is 0 Å². The molecule has 150 valence electrons. The summed E-state index contributed by atoms with van der Waals surface area (Å²) in [5.41, 5.74) is 3.17. The lowest BCUT2D eigenvalue weighted by atomic mass is 9.84. The zero-order valence-corrected chi connectivity index (χ0v) is 16.8. The van der Waals surface area contributed by atoms with E-state index in [1.54, 1.807) is 18.5 Å². The summed E-state index contributed by atoms with van der Waals surface area (Å²) in [6, 6.07) is 15.2. The van der Waals surface area contributed by atoms with Gasteiger partial charge in [-0.2, -0.15) is 0 Å². The Balaban J connectivity index is 1.82. The Labute approximate surface area is 170 Å². The van der Waals surface area contributed by atoms with Crippen molar-refractivity contribution in [2.75, 3.05) is 19.6 Å². The van der Waals surface area contributed by atoms with E-state index < -0.39 is 0 Å². The molecule has 1 atom stereocenters. The van der Waals surface area contributed by atoms with Gasteiger partial charge in [-0.05, 0) is 24.7 Å². The number of aromatic nitrogens is 2. The fourth-order valence-corrected chi connectivity index (χ4v) is 3.91. The van der Waals surface area contributed by atoms with E-state index in [0.717, 1.165) is 36.3 Å². The predicted molar refractivity (Wildman–Crippen MR) is 111 cm³/mol. The van der Waals surface area contributed by atoms with Gasteiger partial charge in [0.05, 0.1) is 5.56 Å². The topological polar surface area (TPSA) is 74.4 Å². The molecule has 0 saturated carbocycles. The highest BCUT2D eigenvalue weighted by molar-refractivity contribution is 5.57. The van der Waals surface area contributed by atoms with Crippen LogP contribution in [0.15, 0.2) is 54.9 Å². The van der Waals surface area contributed by atoms with Crippen molar-refractivity contribution in [3.8, 4) is 17.4 Å². The van der Waals surface area contributed by atoms with Gasteiger partial charge in [0.1, 0.15) is 23.3 Å². The van der Waals surface area contributed by atoms with Crippen molar-refractivity contribution in [3.05, 3.63) is 77.0 Å². The van der Waals surface area contributed by atoms with Crippen LogP contribution in [-0.4, -0.2) is 39.2 Å². The molecule has 1 aliphatic rings. The van der Waals surface area contributed by atoms with Crippen LogP contribution in [0.5, 0.6) is 17.4 Å². The van der Waals surface area contributed by atoms with E-state index in [9.17, 15) is 5.11 Å². The van der Waals surface area contributed by atoms with Crippen LogP contribution >= 0.6 is 0 Å². The fourth-order valence-electron chi connectivity index (χ4n) is 3.91. The number of benzene rings is 2. The number of phenolic OH excluding ortho intramolecular Hbond substituents is 1. The zero-order valence-electron chi connectivity index (χ0n) is 16.8. The highest BCUT2D eigenvalue weighted by atomic mass is 16.5. The van der Waals surface area contributed by atoms with E-state index in [2.05, 4.69) is 35.9 Å². The van der Waals surface area contributed by atoms with Gasteiger partial charge in [-0.25, -0.2) is 4.98 Å². The Bertz CT molecular complexity index is 1060. The van der Waals surface area contributed by atoms with E-state index in [4.69, 9.17) is 10.1 Å². The molecule has 0 spiro atoms. The van der Waals surface area contributed by atoms with Crippen molar-refractivity contribution in [3.63, 3.8) is 0 Å². The molecular formula is C23H26N4O2. The molecule has 0 fully saturated rings. The monoisotopic (exact) mass is 390 g/mol. The highest BCUT2D eigenvalue weighted by Gasteiger charge is 2.32. The maximum atomic E-state index is 9.91. The molecule has 0 amide bonds. The Kier molecular flexibility index (Phi) is 5.36. The van der Waals surface area contributed by atoms with Crippen LogP contribution in [0.25, 0.3) is 0 Å². The van der Waals surface area contributed by atoms with E-state index in [-0.39, 0.29) is 11.7 Å². The number of rotatable bonds is 6. The Morgan fingerprint density at radius 2 is 1.90 bits per heavy atom. The fraction of sp³-hybridized carbons (Fsp3) is 0.304. The zero-order chi connectivity index (χ0) is 20.4. The van der Waals surface area contributed by atoms with Crippen LogP contribution in [0.2, 0.25) is 0 Å². The van der Waals surface area contributed by atoms with Crippen LogP contribution in [-0.2, 0) is 6.54 Å². The Morgan fingerprint density at radius 3 is 2.62 bits per heavy atom. The summed E-state index contributed by atoms with van der Waals surface area (Å²) in [5, 5.41) is 18.8. The molecular weight excluding hydrogens is 364 g/mol. The van der Waals surface area contributed by atoms with Crippen molar-refractivity contribution >= 4 is 0 Å². The third kappa shape index (κ3) is 3.63. The van der Waals surface area contributed by atoms with Gasteiger partial charge < -0.3 is 19.3 Å². The van der Waals surface area contributed by atoms with E-state index in [1.165, 1.54) is 0 Å². The first-order valence-electron chi connectivity index (χ1n) is 10.0. The van der Waals surface area contributed by atoms with Crippen LogP contribution in [0.4, 0.5) is 0 Å². The first-order chi connectivity index (χ1) is 14.1. The number of hydrogen-bond acceptors (Lipinski definition) is 5. The minimum Gasteiger partial charge on any atom is -0.508 e.